The van der Waals surface area contributed by atoms with E-state index in [-0.39, 0.29) is 18.2 Å². The zero-order chi connectivity index (χ0) is 8.91. The fraction of sp³-hybridized carbons (Fsp3) is 1.00. The Balaban J connectivity index is -0.000000500. The normalized spacial score (nSPS) is 10.5. The van der Waals surface area contributed by atoms with Crippen LogP contribution in [0.25, 0.3) is 0 Å². The molecule has 0 rings (SSSR count). The van der Waals surface area contributed by atoms with Crippen LogP contribution in [0, 0.1) is 5.92 Å². The van der Waals surface area contributed by atoms with E-state index in [1.807, 2.05) is 13.8 Å². The fourth-order valence-corrected chi connectivity index (χ4v) is 0.984. The molecule has 0 aliphatic carbocycles. The van der Waals surface area contributed by atoms with Crippen molar-refractivity contribution in [3.63, 3.8) is 0 Å². The molecule has 7 heteroatoms. The highest BCUT2D eigenvalue weighted by molar-refractivity contribution is 7.80. The minimum absolute atomic E-state index is 0. The molecular formula is C6H19NO5S. The van der Waals surface area contributed by atoms with Crippen LogP contribution in [0.5, 0.6) is 0 Å². The zero-order valence-electron chi connectivity index (χ0n) is 7.99. The predicted octanol–water partition coefficient (Wildman–Crippen LogP) is 0.579. The van der Waals surface area contributed by atoms with Crippen molar-refractivity contribution in [1.82, 2.24) is 6.15 Å². The van der Waals surface area contributed by atoms with E-state index in [2.05, 4.69) is 4.18 Å². The SMILES string of the molecule is CC(C)CCCOS(=O)(=O)O.N.O. The highest BCUT2D eigenvalue weighted by atomic mass is 32.3. The van der Waals surface area contributed by atoms with E-state index in [9.17, 15) is 8.42 Å². The second kappa shape index (κ2) is 8.39. The Morgan fingerprint density at radius 3 is 2.15 bits per heavy atom. The van der Waals surface area contributed by atoms with Gasteiger partial charge in [-0.3, -0.25) is 4.55 Å². The van der Waals surface area contributed by atoms with Gasteiger partial charge in [0.05, 0.1) is 6.61 Å². The van der Waals surface area contributed by atoms with E-state index >= 15 is 0 Å². The quantitative estimate of drug-likeness (QED) is 0.513. The zero-order valence-corrected chi connectivity index (χ0v) is 8.80. The van der Waals surface area contributed by atoms with Crippen molar-refractivity contribution in [3.8, 4) is 0 Å². The Kier molecular flexibility index (Phi) is 12.0. The lowest BCUT2D eigenvalue weighted by atomic mass is 10.1. The molecule has 13 heavy (non-hydrogen) atoms. The van der Waals surface area contributed by atoms with E-state index in [1.165, 1.54) is 0 Å². The molecule has 0 aromatic carbocycles. The first-order chi connectivity index (χ1) is 4.92. The fourth-order valence-electron chi connectivity index (χ4n) is 0.656. The van der Waals surface area contributed by atoms with E-state index in [0.717, 1.165) is 6.42 Å². The van der Waals surface area contributed by atoms with Gasteiger partial charge in [-0.25, -0.2) is 4.18 Å². The first-order valence-electron chi connectivity index (χ1n) is 3.53. The average Bonchev–Trinajstić information content (AvgIpc) is 1.78. The standard InChI is InChI=1S/C6H14O4S.H3N.H2O/c1-6(2)4-3-5-10-11(7,8)9;;/h6H,3-5H2,1-2H3,(H,7,8,9);1H3;1H2. The van der Waals surface area contributed by atoms with Crippen molar-refractivity contribution in [2.75, 3.05) is 6.61 Å². The minimum atomic E-state index is -4.22. The summed E-state index contributed by atoms with van der Waals surface area (Å²) in [5, 5.41) is 0. The van der Waals surface area contributed by atoms with Crippen LogP contribution in [0.4, 0.5) is 0 Å². The summed E-state index contributed by atoms with van der Waals surface area (Å²) in [4.78, 5) is 0. The summed E-state index contributed by atoms with van der Waals surface area (Å²) in [6.07, 6.45) is 1.55. The highest BCUT2D eigenvalue weighted by Gasteiger charge is 2.03. The summed E-state index contributed by atoms with van der Waals surface area (Å²) in [6.45, 7) is 4.14. The van der Waals surface area contributed by atoms with Gasteiger partial charge in [-0.1, -0.05) is 13.8 Å². The molecule has 0 saturated heterocycles. The van der Waals surface area contributed by atoms with Gasteiger partial charge in [-0.15, -0.1) is 0 Å². The van der Waals surface area contributed by atoms with Crippen molar-refractivity contribution in [3.05, 3.63) is 0 Å². The van der Waals surface area contributed by atoms with Crippen molar-refractivity contribution in [2.45, 2.75) is 26.7 Å². The topological polar surface area (TPSA) is 130 Å². The highest BCUT2D eigenvalue weighted by Crippen LogP contribution is 2.03. The van der Waals surface area contributed by atoms with Crippen molar-refractivity contribution in [1.29, 1.82) is 0 Å². The summed E-state index contributed by atoms with van der Waals surface area (Å²) in [6, 6.07) is 0. The van der Waals surface area contributed by atoms with Crippen LogP contribution >= 0.6 is 0 Å². The molecule has 0 spiro atoms. The third-order valence-electron chi connectivity index (χ3n) is 1.16. The maximum atomic E-state index is 10.0. The van der Waals surface area contributed by atoms with Crippen LogP contribution < -0.4 is 6.15 Å². The van der Waals surface area contributed by atoms with Crippen molar-refractivity contribution >= 4 is 10.4 Å². The van der Waals surface area contributed by atoms with Gasteiger partial charge < -0.3 is 11.6 Å². The lowest BCUT2D eigenvalue weighted by Gasteiger charge is -2.02. The van der Waals surface area contributed by atoms with Gasteiger partial charge in [0.2, 0.25) is 0 Å². The van der Waals surface area contributed by atoms with Gasteiger partial charge in [0.1, 0.15) is 0 Å². The van der Waals surface area contributed by atoms with Gasteiger partial charge in [0.15, 0.2) is 0 Å². The molecule has 0 aromatic rings. The van der Waals surface area contributed by atoms with Gasteiger partial charge in [-0.05, 0) is 18.8 Å². The minimum Gasteiger partial charge on any atom is -0.412 e. The molecule has 0 aliphatic heterocycles. The Hall–Kier alpha value is -0.210. The largest absolute Gasteiger partial charge is 0.412 e. The molecule has 0 unspecified atom stereocenters. The second-order valence-electron chi connectivity index (χ2n) is 2.79. The Bertz CT molecular complexity index is 189. The van der Waals surface area contributed by atoms with Gasteiger partial charge in [0, 0.05) is 0 Å². The van der Waals surface area contributed by atoms with E-state index < -0.39 is 10.4 Å². The van der Waals surface area contributed by atoms with E-state index in [0.29, 0.717) is 12.3 Å². The maximum Gasteiger partial charge on any atom is 0.397 e. The van der Waals surface area contributed by atoms with Gasteiger partial charge in [-0.2, -0.15) is 8.42 Å². The van der Waals surface area contributed by atoms with Crippen LogP contribution in [-0.2, 0) is 14.6 Å². The third-order valence-corrected chi connectivity index (χ3v) is 1.62. The van der Waals surface area contributed by atoms with Crippen LogP contribution in [0.2, 0.25) is 0 Å². The van der Waals surface area contributed by atoms with E-state index in [1.54, 1.807) is 0 Å². The summed E-state index contributed by atoms with van der Waals surface area (Å²) >= 11 is 0. The third kappa shape index (κ3) is 18.6. The van der Waals surface area contributed by atoms with E-state index in [4.69, 9.17) is 4.55 Å². The average molecular weight is 217 g/mol. The molecule has 6 N–H and O–H groups in total. The summed E-state index contributed by atoms with van der Waals surface area (Å²) in [5.74, 6) is 0.528. The summed E-state index contributed by atoms with van der Waals surface area (Å²) in [5.41, 5.74) is 0. The molecule has 0 heterocycles. The lowest BCUT2D eigenvalue weighted by Crippen LogP contribution is -2.05. The molecule has 84 valence electrons. The van der Waals surface area contributed by atoms with Crippen LogP contribution in [0.1, 0.15) is 26.7 Å². The van der Waals surface area contributed by atoms with Crippen LogP contribution in [-0.4, -0.2) is 25.1 Å². The number of hydrogen-bond donors (Lipinski definition) is 2. The Labute approximate surface area is 79.1 Å². The summed E-state index contributed by atoms with van der Waals surface area (Å²) in [7, 11) is -4.22. The molecule has 6 nitrogen and oxygen atoms in total. The van der Waals surface area contributed by atoms with Crippen LogP contribution in [0.15, 0.2) is 0 Å². The van der Waals surface area contributed by atoms with Gasteiger partial charge >= 0.3 is 10.4 Å². The summed E-state index contributed by atoms with van der Waals surface area (Å²) < 4.78 is 32.3. The first-order valence-corrected chi connectivity index (χ1v) is 4.90. The molecule has 0 radical (unpaired) electrons. The molecule has 0 amide bonds. The number of hydrogen-bond acceptors (Lipinski definition) is 4. The molecule has 0 aromatic heterocycles. The first kappa shape index (κ1) is 18.5. The predicted molar refractivity (Wildman–Crippen MR) is 50.2 cm³/mol. The Morgan fingerprint density at radius 2 is 1.85 bits per heavy atom. The van der Waals surface area contributed by atoms with Gasteiger partial charge in [0.25, 0.3) is 0 Å². The Morgan fingerprint density at radius 1 is 1.38 bits per heavy atom. The van der Waals surface area contributed by atoms with Crippen molar-refractivity contribution in [2.24, 2.45) is 5.92 Å². The monoisotopic (exact) mass is 217 g/mol. The molecule has 0 aliphatic rings. The molecule has 0 fully saturated rings. The maximum absolute atomic E-state index is 10.0. The molecule has 0 bridgehead atoms. The molecule has 0 atom stereocenters. The van der Waals surface area contributed by atoms with Crippen LogP contribution in [0.3, 0.4) is 0 Å². The smallest absolute Gasteiger partial charge is 0.397 e. The van der Waals surface area contributed by atoms with Crippen molar-refractivity contribution < 1.29 is 22.6 Å². The molecule has 0 saturated carbocycles. The number of rotatable bonds is 5. The molecular weight excluding hydrogens is 198 g/mol. The second-order valence-corrected chi connectivity index (χ2v) is 3.88. The lowest BCUT2D eigenvalue weighted by molar-refractivity contribution is 0.257.